The zero-order valence-corrected chi connectivity index (χ0v) is 8.13. The predicted octanol–water partition coefficient (Wildman–Crippen LogP) is 1.66. The zero-order valence-electron chi connectivity index (χ0n) is 8.13. The molecule has 0 aromatic heterocycles. The van der Waals surface area contributed by atoms with Crippen molar-refractivity contribution in [3.05, 3.63) is 6.92 Å². The summed E-state index contributed by atoms with van der Waals surface area (Å²) in [6, 6.07) is 0. The molecule has 1 atom stereocenters. The van der Waals surface area contributed by atoms with E-state index in [1.165, 1.54) is 0 Å². The van der Waals surface area contributed by atoms with Gasteiger partial charge in [-0.1, -0.05) is 0 Å². The first kappa shape index (κ1) is 9.47. The summed E-state index contributed by atoms with van der Waals surface area (Å²) in [5, 5.41) is 19.6. The maximum atomic E-state index is 9.95. The lowest BCUT2D eigenvalue weighted by Crippen LogP contribution is -2.43. The number of hydrogen-bond donors (Lipinski definition) is 2. The van der Waals surface area contributed by atoms with Crippen LogP contribution in [0.3, 0.4) is 0 Å². The van der Waals surface area contributed by atoms with E-state index in [-0.39, 0.29) is 11.5 Å². The first-order chi connectivity index (χ1) is 6.04. The Labute approximate surface area is 80.0 Å². The van der Waals surface area contributed by atoms with Crippen LogP contribution in [0.25, 0.3) is 0 Å². The Morgan fingerprint density at radius 3 is 2.15 bits per heavy atom. The van der Waals surface area contributed by atoms with Gasteiger partial charge in [-0.25, -0.2) is 0 Å². The molecule has 2 N–H and O–H groups in total. The van der Waals surface area contributed by atoms with E-state index in [0.717, 1.165) is 44.9 Å². The van der Waals surface area contributed by atoms with E-state index in [4.69, 9.17) is 0 Å². The molecule has 2 rings (SSSR count). The molecule has 0 aliphatic heterocycles. The molecule has 2 aliphatic carbocycles. The quantitative estimate of drug-likeness (QED) is 0.696. The smallest absolute Gasteiger partial charge is 0.0675 e. The molecule has 0 bridgehead atoms. The van der Waals surface area contributed by atoms with Gasteiger partial charge in [0.15, 0.2) is 0 Å². The van der Waals surface area contributed by atoms with Crippen LogP contribution in [0.5, 0.6) is 0 Å². The normalized spacial score (nSPS) is 30.7. The van der Waals surface area contributed by atoms with Crippen molar-refractivity contribution in [2.75, 3.05) is 0 Å². The molecule has 0 aromatic carbocycles. The number of aliphatic hydroxyl groups is 2. The summed E-state index contributed by atoms with van der Waals surface area (Å²) >= 11 is 0. The van der Waals surface area contributed by atoms with Crippen LogP contribution in [-0.4, -0.2) is 21.4 Å². The molecule has 0 aromatic rings. The Morgan fingerprint density at radius 2 is 1.77 bits per heavy atom. The van der Waals surface area contributed by atoms with Gasteiger partial charge in [-0.05, 0) is 57.8 Å². The van der Waals surface area contributed by atoms with Crippen molar-refractivity contribution >= 4 is 0 Å². The Hall–Kier alpha value is -0.0800. The average molecular weight is 183 g/mol. The molecule has 1 radical (unpaired) electrons. The Balaban J connectivity index is 1.74. The van der Waals surface area contributed by atoms with Crippen molar-refractivity contribution in [1.29, 1.82) is 0 Å². The fraction of sp³-hybridized carbons (Fsp3) is 0.909. The van der Waals surface area contributed by atoms with E-state index in [9.17, 15) is 10.2 Å². The second-order valence-corrected chi connectivity index (χ2v) is 4.92. The molecule has 2 aliphatic rings. The van der Waals surface area contributed by atoms with Crippen LogP contribution < -0.4 is 0 Å². The fourth-order valence-corrected chi connectivity index (χ4v) is 2.05. The van der Waals surface area contributed by atoms with Crippen LogP contribution in [0.15, 0.2) is 0 Å². The molecule has 2 fully saturated rings. The summed E-state index contributed by atoms with van der Waals surface area (Å²) in [5.41, 5.74) is -0.874. The molecule has 2 nitrogen and oxygen atoms in total. The van der Waals surface area contributed by atoms with Crippen LogP contribution >= 0.6 is 0 Å². The minimum Gasteiger partial charge on any atom is -0.390 e. The molecule has 75 valence electrons. The van der Waals surface area contributed by atoms with Crippen LogP contribution in [0.1, 0.15) is 44.9 Å². The van der Waals surface area contributed by atoms with Crippen LogP contribution in [-0.2, 0) is 0 Å². The molecule has 2 heteroatoms. The molecule has 1 unspecified atom stereocenters. The third kappa shape index (κ3) is 1.89. The summed E-state index contributed by atoms with van der Waals surface area (Å²) in [7, 11) is 0. The van der Waals surface area contributed by atoms with Gasteiger partial charge >= 0.3 is 0 Å². The van der Waals surface area contributed by atoms with Gasteiger partial charge in [-0.3, -0.25) is 0 Å². The van der Waals surface area contributed by atoms with E-state index in [1.54, 1.807) is 0 Å². The largest absolute Gasteiger partial charge is 0.390 e. The van der Waals surface area contributed by atoms with Crippen molar-refractivity contribution in [2.45, 2.75) is 56.1 Å². The maximum Gasteiger partial charge on any atom is 0.0675 e. The number of hydrogen-bond acceptors (Lipinski definition) is 2. The van der Waals surface area contributed by atoms with Crippen molar-refractivity contribution in [3.63, 3.8) is 0 Å². The van der Waals surface area contributed by atoms with Gasteiger partial charge in [0.1, 0.15) is 0 Å². The molecular weight excluding hydrogens is 164 g/mol. The highest BCUT2D eigenvalue weighted by atomic mass is 16.3. The van der Waals surface area contributed by atoms with E-state index in [0.29, 0.717) is 0 Å². The van der Waals surface area contributed by atoms with E-state index in [1.807, 2.05) is 0 Å². The Kier molecular flexibility index (Phi) is 2.16. The maximum absolute atomic E-state index is 9.95. The predicted molar refractivity (Wildman–Crippen MR) is 51.1 cm³/mol. The molecule has 2 saturated carbocycles. The highest BCUT2D eigenvalue weighted by Crippen LogP contribution is 2.44. The zero-order chi connectivity index (χ0) is 9.53. The Bertz CT molecular complexity index is 192. The van der Waals surface area contributed by atoms with Crippen molar-refractivity contribution in [1.82, 2.24) is 0 Å². The Morgan fingerprint density at radius 1 is 1.15 bits per heavy atom. The first-order valence-electron chi connectivity index (χ1n) is 5.32. The summed E-state index contributed by atoms with van der Waals surface area (Å²) < 4.78 is 0. The van der Waals surface area contributed by atoms with Gasteiger partial charge in [0.25, 0.3) is 0 Å². The van der Waals surface area contributed by atoms with Crippen LogP contribution in [0.4, 0.5) is 0 Å². The van der Waals surface area contributed by atoms with Gasteiger partial charge < -0.3 is 10.2 Å². The summed E-state index contributed by atoms with van der Waals surface area (Å²) in [4.78, 5) is 0. The average Bonchev–Trinajstić information content (AvgIpc) is 2.76. The van der Waals surface area contributed by atoms with Crippen LogP contribution in [0, 0.1) is 12.8 Å². The molecular formula is C11H19O2. The summed E-state index contributed by atoms with van der Waals surface area (Å²) in [6.07, 6.45) is 6.51. The molecule has 0 saturated heterocycles. The van der Waals surface area contributed by atoms with E-state index in [2.05, 4.69) is 6.92 Å². The minimum absolute atomic E-state index is 0.117. The topological polar surface area (TPSA) is 40.5 Å². The van der Waals surface area contributed by atoms with Crippen molar-refractivity contribution in [3.8, 4) is 0 Å². The monoisotopic (exact) mass is 183 g/mol. The lowest BCUT2D eigenvalue weighted by molar-refractivity contribution is -0.0745. The standard InChI is InChI=1S/C11H19O2/c1-9(11(13)4-2-5-11)3-6-10(12)7-8-10/h9,12-13H,1-8H2. The fourth-order valence-electron chi connectivity index (χ4n) is 2.05. The third-order valence-electron chi connectivity index (χ3n) is 3.76. The minimum atomic E-state index is -0.495. The lowest BCUT2D eigenvalue weighted by atomic mass is 9.70. The van der Waals surface area contributed by atoms with Gasteiger partial charge in [0.05, 0.1) is 11.2 Å². The van der Waals surface area contributed by atoms with Gasteiger partial charge in [-0.15, -0.1) is 0 Å². The second-order valence-electron chi connectivity index (χ2n) is 4.92. The lowest BCUT2D eigenvalue weighted by Gasteiger charge is -2.42. The molecule has 0 heterocycles. The second kappa shape index (κ2) is 2.96. The van der Waals surface area contributed by atoms with Gasteiger partial charge in [0, 0.05) is 0 Å². The first-order valence-corrected chi connectivity index (χ1v) is 5.32. The highest BCUT2D eigenvalue weighted by molar-refractivity contribution is 4.98. The third-order valence-corrected chi connectivity index (χ3v) is 3.76. The van der Waals surface area contributed by atoms with E-state index >= 15 is 0 Å². The molecule has 0 spiro atoms. The number of rotatable bonds is 4. The molecule has 0 amide bonds. The van der Waals surface area contributed by atoms with E-state index < -0.39 is 5.60 Å². The van der Waals surface area contributed by atoms with Crippen molar-refractivity contribution < 1.29 is 10.2 Å². The molecule has 13 heavy (non-hydrogen) atoms. The highest BCUT2D eigenvalue weighted by Gasteiger charge is 2.44. The van der Waals surface area contributed by atoms with Crippen LogP contribution in [0.2, 0.25) is 0 Å². The van der Waals surface area contributed by atoms with Gasteiger partial charge in [0.2, 0.25) is 0 Å². The SMILES string of the molecule is [CH2]C(CCC1(O)CC1)C1(O)CCC1. The van der Waals surface area contributed by atoms with Gasteiger partial charge in [-0.2, -0.15) is 0 Å². The van der Waals surface area contributed by atoms with Crippen molar-refractivity contribution in [2.24, 2.45) is 5.92 Å². The summed E-state index contributed by atoms with van der Waals surface area (Å²) in [5.74, 6) is 0.117. The summed E-state index contributed by atoms with van der Waals surface area (Å²) in [6.45, 7) is 4.00.